The fourth-order valence-corrected chi connectivity index (χ4v) is 5.97. The van der Waals surface area contributed by atoms with Crippen LogP contribution in [0.25, 0.3) is 10.2 Å². The van der Waals surface area contributed by atoms with Gasteiger partial charge in [0.1, 0.15) is 11.3 Å². The molecule has 0 unspecified atom stereocenters. The number of pyridine rings is 1. The van der Waals surface area contributed by atoms with Crippen molar-refractivity contribution in [1.82, 2.24) is 14.3 Å². The van der Waals surface area contributed by atoms with Gasteiger partial charge in [-0.15, -0.1) is 0 Å². The lowest BCUT2D eigenvalue weighted by Crippen LogP contribution is -2.31. The van der Waals surface area contributed by atoms with Crippen molar-refractivity contribution in [1.29, 1.82) is 0 Å². The summed E-state index contributed by atoms with van der Waals surface area (Å²) in [6.07, 6.45) is 1.63. The summed E-state index contributed by atoms with van der Waals surface area (Å²) in [7, 11) is -3.64. The molecule has 2 heterocycles. The van der Waals surface area contributed by atoms with Crippen LogP contribution in [-0.2, 0) is 16.6 Å². The Bertz CT molecular complexity index is 1400. The molecule has 4 rings (SSSR count). The number of nitrogens with zero attached hydrogens (tertiary/aromatic N) is 4. The average molecular weight is 499 g/mol. The lowest BCUT2D eigenvalue weighted by atomic mass is 10.2. The van der Waals surface area contributed by atoms with Crippen molar-refractivity contribution in [2.75, 3.05) is 18.0 Å². The van der Waals surface area contributed by atoms with Crippen LogP contribution in [0.5, 0.6) is 0 Å². The van der Waals surface area contributed by atoms with Crippen LogP contribution >= 0.6 is 11.3 Å². The summed E-state index contributed by atoms with van der Waals surface area (Å²) in [6, 6.07) is 15.9. The summed E-state index contributed by atoms with van der Waals surface area (Å²) in [5, 5.41) is 0.329. The Morgan fingerprint density at radius 3 is 2.35 bits per heavy atom. The number of rotatable bonds is 8. The molecular weight excluding hydrogens is 475 g/mol. The SMILES string of the molecule is CCN(CC)S(=O)(=O)c1ccc(C(=O)N(Cc2ccccn2)c2nc3c(F)cccc3s2)cc1. The van der Waals surface area contributed by atoms with Gasteiger partial charge in [0, 0.05) is 24.8 Å². The summed E-state index contributed by atoms with van der Waals surface area (Å²) < 4.78 is 41.8. The third-order valence-corrected chi connectivity index (χ3v) is 8.43. The molecule has 0 aliphatic heterocycles. The predicted octanol–water partition coefficient (Wildman–Crippen LogP) is 4.71. The zero-order valence-corrected chi connectivity index (χ0v) is 20.3. The van der Waals surface area contributed by atoms with Crippen molar-refractivity contribution in [3.63, 3.8) is 0 Å². The Morgan fingerprint density at radius 2 is 1.74 bits per heavy atom. The first-order valence-electron chi connectivity index (χ1n) is 10.7. The molecule has 2 aromatic heterocycles. The second-order valence-corrected chi connectivity index (χ2v) is 10.4. The molecule has 0 radical (unpaired) electrons. The van der Waals surface area contributed by atoms with Crippen LogP contribution in [0.3, 0.4) is 0 Å². The number of aromatic nitrogens is 2. The smallest absolute Gasteiger partial charge is 0.260 e. The van der Waals surface area contributed by atoms with Gasteiger partial charge in [-0.2, -0.15) is 4.31 Å². The summed E-state index contributed by atoms with van der Waals surface area (Å²) in [5.74, 6) is -0.854. The zero-order valence-electron chi connectivity index (χ0n) is 18.7. The first-order chi connectivity index (χ1) is 16.3. The van der Waals surface area contributed by atoms with E-state index in [0.29, 0.717) is 28.6 Å². The summed E-state index contributed by atoms with van der Waals surface area (Å²) in [4.78, 5) is 23.8. The van der Waals surface area contributed by atoms with E-state index in [0.717, 1.165) is 0 Å². The summed E-state index contributed by atoms with van der Waals surface area (Å²) >= 11 is 1.20. The first kappa shape index (κ1) is 23.9. The molecule has 0 saturated carbocycles. The van der Waals surface area contributed by atoms with Gasteiger partial charge in [0.2, 0.25) is 10.0 Å². The number of sulfonamides is 1. The number of anilines is 1. The number of hydrogen-bond donors (Lipinski definition) is 0. The van der Waals surface area contributed by atoms with Crippen LogP contribution in [0.2, 0.25) is 0 Å². The Labute approximate surface area is 201 Å². The Kier molecular flexibility index (Phi) is 7.01. The van der Waals surface area contributed by atoms with E-state index in [1.165, 1.54) is 50.9 Å². The number of fused-ring (bicyclic) bond motifs is 1. The van der Waals surface area contributed by atoms with E-state index >= 15 is 0 Å². The molecular formula is C24H23FN4O3S2. The van der Waals surface area contributed by atoms with E-state index in [1.807, 2.05) is 6.07 Å². The monoisotopic (exact) mass is 498 g/mol. The number of thiazole rings is 1. The average Bonchev–Trinajstić information content (AvgIpc) is 3.29. The fraction of sp³-hybridized carbons (Fsp3) is 0.208. The maximum atomic E-state index is 14.3. The molecule has 34 heavy (non-hydrogen) atoms. The predicted molar refractivity (Wildman–Crippen MR) is 131 cm³/mol. The number of carbonyl (C=O) groups excluding carboxylic acids is 1. The number of amides is 1. The lowest BCUT2D eigenvalue weighted by molar-refractivity contribution is 0.0984. The Morgan fingerprint density at radius 1 is 1.00 bits per heavy atom. The molecule has 176 valence electrons. The van der Waals surface area contributed by atoms with Crippen molar-refractivity contribution in [3.05, 3.63) is 83.9 Å². The van der Waals surface area contributed by atoms with Crippen molar-refractivity contribution in [3.8, 4) is 0 Å². The van der Waals surface area contributed by atoms with Gasteiger partial charge in [0.05, 0.1) is 21.8 Å². The van der Waals surface area contributed by atoms with Gasteiger partial charge in [0.25, 0.3) is 5.91 Å². The molecule has 0 aliphatic rings. The minimum atomic E-state index is -3.64. The van der Waals surface area contributed by atoms with E-state index in [2.05, 4.69) is 9.97 Å². The van der Waals surface area contributed by atoms with Gasteiger partial charge in [-0.1, -0.05) is 37.3 Å². The quantitative estimate of drug-likeness (QED) is 0.351. The summed E-state index contributed by atoms with van der Waals surface area (Å²) in [6.45, 7) is 4.38. The molecule has 0 spiro atoms. The number of halogens is 1. The third kappa shape index (κ3) is 4.70. The fourth-order valence-electron chi connectivity index (χ4n) is 3.54. The van der Waals surface area contributed by atoms with Gasteiger partial charge in [-0.3, -0.25) is 14.7 Å². The minimum absolute atomic E-state index is 0.117. The van der Waals surface area contributed by atoms with Gasteiger partial charge in [0.15, 0.2) is 5.13 Å². The van der Waals surface area contributed by atoms with Gasteiger partial charge in [-0.25, -0.2) is 17.8 Å². The van der Waals surface area contributed by atoms with Crippen molar-refractivity contribution in [2.45, 2.75) is 25.3 Å². The molecule has 0 atom stereocenters. The topological polar surface area (TPSA) is 83.5 Å². The zero-order chi connectivity index (χ0) is 24.3. The maximum absolute atomic E-state index is 14.3. The molecule has 4 aromatic rings. The molecule has 10 heteroatoms. The number of carbonyl (C=O) groups is 1. The first-order valence-corrected chi connectivity index (χ1v) is 13.0. The van der Waals surface area contributed by atoms with Crippen LogP contribution in [-0.4, -0.2) is 41.7 Å². The van der Waals surface area contributed by atoms with Gasteiger partial charge in [-0.05, 0) is 48.5 Å². The largest absolute Gasteiger partial charge is 0.278 e. The number of hydrogen-bond acceptors (Lipinski definition) is 6. The molecule has 0 bridgehead atoms. The van der Waals surface area contributed by atoms with Crippen LogP contribution < -0.4 is 4.90 Å². The normalized spacial score (nSPS) is 11.8. The molecule has 7 nitrogen and oxygen atoms in total. The highest BCUT2D eigenvalue weighted by atomic mass is 32.2. The second kappa shape index (κ2) is 9.96. The Balaban J connectivity index is 1.71. The highest BCUT2D eigenvalue weighted by Crippen LogP contribution is 2.32. The van der Waals surface area contributed by atoms with Crippen molar-refractivity contribution in [2.24, 2.45) is 0 Å². The van der Waals surface area contributed by atoms with Crippen LogP contribution in [0.4, 0.5) is 9.52 Å². The second-order valence-electron chi connectivity index (χ2n) is 7.41. The van der Waals surface area contributed by atoms with E-state index in [4.69, 9.17) is 0 Å². The number of para-hydroxylation sites is 1. The molecule has 2 aromatic carbocycles. The third-order valence-electron chi connectivity index (χ3n) is 5.33. The molecule has 0 fully saturated rings. The van der Waals surface area contributed by atoms with Gasteiger partial charge < -0.3 is 0 Å². The van der Waals surface area contributed by atoms with E-state index in [-0.39, 0.29) is 22.5 Å². The van der Waals surface area contributed by atoms with Crippen LogP contribution in [0.15, 0.2) is 71.8 Å². The molecule has 0 saturated heterocycles. The lowest BCUT2D eigenvalue weighted by Gasteiger charge is -2.21. The van der Waals surface area contributed by atoms with Crippen molar-refractivity contribution < 1.29 is 17.6 Å². The Hall–Kier alpha value is -3.21. The highest BCUT2D eigenvalue weighted by Gasteiger charge is 2.25. The van der Waals surface area contributed by atoms with Crippen LogP contribution in [0.1, 0.15) is 29.9 Å². The number of benzene rings is 2. The summed E-state index contributed by atoms with van der Waals surface area (Å²) in [5.41, 5.74) is 1.12. The van der Waals surface area contributed by atoms with Crippen molar-refractivity contribution >= 4 is 42.6 Å². The maximum Gasteiger partial charge on any atom is 0.260 e. The standard InChI is InChI=1S/C24H23FN4O3S2/c1-3-28(4-2)34(31,32)19-13-11-17(12-14-19)23(30)29(16-18-8-5-6-15-26-18)24-27-22-20(25)9-7-10-21(22)33-24/h5-15H,3-4,16H2,1-2H3. The van der Waals surface area contributed by atoms with E-state index in [1.54, 1.807) is 44.3 Å². The molecule has 0 aliphatic carbocycles. The van der Waals surface area contributed by atoms with Crippen LogP contribution in [0, 0.1) is 5.82 Å². The molecule has 0 N–H and O–H groups in total. The van der Waals surface area contributed by atoms with Gasteiger partial charge >= 0.3 is 0 Å². The minimum Gasteiger partial charge on any atom is -0.278 e. The highest BCUT2D eigenvalue weighted by molar-refractivity contribution is 7.89. The molecule has 1 amide bonds. The van der Waals surface area contributed by atoms with E-state index in [9.17, 15) is 17.6 Å². The van der Waals surface area contributed by atoms with E-state index < -0.39 is 21.7 Å².